The van der Waals surface area contributed by atoms with Crippen LogP contribution in [0.3, 0.4) is 0 Å². The van der Waals surface area contributed by atoms with E-state index in [0.29, 0.717) is 5.54 Å². The predicted molar refractivity (Wildman–Crippen MR) is 41.6 cm³/mol. The maximum Gasteiger partial charge on any atom is 0.116 e. The summed E-state index contributed by atoms with van der Waals surface area (Å²) < 4.78 is 0. The van der Waals surface area contributed by atoms with E-state index >= 15 is 0 Å². The van der Waals surface area contributed by atoms with E-state index in [-0.39, 0.29) is 9.68 Å². The van der Waals surface area contributed by atoms with Crippen molar-refractivity contribution in [3.63, 3.8) is 0 Å². The smallest absolute Gasteiger partial charge is 0.116 e. The third-order valence-electron chi connectivity index (χ3n) is 0.777. The first-order chi connectivity index (χ1) is 3.56. The molecule has 0 atom stereocenters. The molecule has 0 aliphatic rings. The first-order valence-corrected chi connectivity index (χ1v) is 4.44. The number of hydrogen-bond donors (Lipinski definition) is 1. The Morgan fingerprint density at radius 3 is 2.12 bits per heavy atom. The van der Waals surface area contributed by atoms with Crippen LogP contribution >= 0.6 is 0 Å². The van der Waals surface area contributed by atoms with Crippen LogP contribution in [0.1, 0.15) is 20.8 Å². The quantitative estimate of drug-likeness (QED) is 0.538. The summed E-state index contributed by atoms with van der Waals surface area (Å²) >= 11 is 0. The minimum atomic E-state index is -0.169. The lowest BCUT2D eigenvalue weighted by Crippen LogP contribution is -2.37. The lowest BCUT2D eigenvalue weighted by Gasteiger charge is -2.18. The maximum atomic E-state index is 3.66. The number of nitrogens with one attached hydrogen (secondary N) is 1. The summed E-state index contributed by atoms with van der Waals surface area (Å²) in [6.07, 6.45) is 0. The molecule has 0 unspecified atom stereocenters. The van der Waals surface area contributed by atoms with E-state index in [4.69, 9.17) is 0 Å². The molecule has 0 heterocycles. The van der Waals surface area contributed by atoms with Gasteiger partial charge in [-0.05, 0) is 20.8 Å². The van der Waals surface area contributed by atoms with Gasteiger partial charge in [0.1, 0.15) is 9.68 Å². The van der Waals surface area contributed by atoms with Crippen LogP contribution in [0.5, 0.6) is 0 Å². The van der Waals surface area contributed by atoms with Gasteiger partial charge in [0.15, 0.2) is 0 Å². The van der Waals surface area contributed by atoms with Gasteiger partial charge in [-0.2, -0.15) is 0 Å². The molecule has 0 saturated heterocycles. The van der Waals surface area contributed by atoms with Crippen molar-refractivity contribution in [1.82, 2.24) is 4.98 Å². The van der Waals surface area contributed by atoms with E-state index in [2.05, 4.69) is 32.3 Å². The number of hydrogen-bond acceptors (Lipinski definition) is 1. The van der Waals surface area contributed by atoms with Gasteiger partial charge in [0.2, 0.25) is 0 Å². The lowest BCUT2D eigenvalue weighted by atomic mass is 10.1. The molecular weight excluding hydrogens is 114 g/mol. The van der Waals surface area contributed by atoms with Crippen molar-refractivity contribution in [2.45, 2.75) is 26.3 Å². The zero-order valence-electron chi connectivity index (χ0n) is 5.99. The van der Waals surface area contributed by atoms with Crippen molar-refractivity contribution in [2.24, 2.45) is 0 Å². The van der Waals surface area contributed by atoms with Crippen LogP contribution in [-0.4, -0.2) is 15.2 Å². The normalized spacial score (nSPS) is 12.9. The van der Waals surface area contributed by atoms with Crippen LogP contribution in [0.2, 0.25) is 0 Å². The van der Waals surface area contributed by atoms with Gasteiger partial charge in [0, 0.05) is 5.54 Å². The van der Waals surface area contributed by atoms with Gasteiger partial charge >= 0.3 is 0 Å². The van der Waals surface area contributed by atoms with Gasteiger partial charge in [-0.15, -0.1) is 6.58 Å². The molecule has 2 heteroatoms. The molecule has 0 amide bonds. The fourth-order valence-corrected chi connectivity index (χ4v) is 1.14. The SMILES string of the molecule is C=C[SiH2]NC(C)(C)C. The van der Waals surface area contributed by atoms with Crippen molar-refractivity contribution < 1.29 is 0 Å². The van der Waals surface area contributed by atoms with Crippen LogP contribution in [0.4, 0.5) is 0 Å². The summed E-state index contributed by atoms with van der Waals surface area (Å²) in [5.74, 6) is 0. The molecule has 1 N–H and O–H groups in total. The largest absolute Gasteiger partial charge is 0.334 e. The topological polar surface area (TPSA) is 12.0 Å². The lowest BCUT2D eigenvalue weighted by molar-refractivity contribution is 0.525. The highest BCUT2D eigenvalue weighted by Gasteiger charge is 2.04. The minimum absolute atomic E-state index is 0.169. The Labute approximate surface area is 54.1 Å². The molecule has 0 fully saturated rings. The van der Waals surface area contributed by atoms with Gasteiger partial charge in [-0.25, -0.2) is 0 Å². The molecule has 0 radical (unpaired) electrons. The summed E-state index contributed by atoms with van der Waals surface area (Å²) in [5, 5.41) is 0. The Balaban J connectivity index is 3.24. The Kier molecular flexibility index (Phi) is 3.01. The van der Waals surface area contributed by atoms with E-state index < -0.39 is 0 Å². The summed E-state index contributed by atoms with van der Waals surface area (Å²) in [6.45, 7) is 10.2. The van der Waals surface area contributed by atoms with Gasteiger partial charge < -0.3 is 4.98 Å². The second-order valence-corrected chi connectivity index (χ2v) is 4.26. The van der Waals surface area contributed by atoms with Crippen molar-refractivity contribution in [3.05, 3.63) is 12.3 Å². The molecule has 48 valence electrons. The summed E-state index contributed by atoms with van der Waals surface area (Å²) in [7, 11) is -0.169. The minimum Gasteiger partial charge on any atom is -0.334 e. The van der Waals surface area contributed by atoms with Crippen molar-refractivity contribution >= 4 is 9.68 Å². The van der Waals surface area contributed by atoms with Crippen LogP contribution in [-0.2, 0) is 0 Å². The summed E-state index contributed by atoms with van der Waals surface area (Å²) in [4.78, 5) is 3.39. The van der Waals surface area contributed by atoms with Crippen LogP contribution in [0.25, 0.3) is 0 Å². The van der Waals surface area contributed by atoms with Crippen LogP contribution in [0, 0.1) is 0 Å². The highest BCUT2D eigenvalue weighted by molar-refractivity contribution is 6.38. The summed E-state index contributed by atoms with van der Waals surface area (Å²) in [5.41, 5.74) is 2.30. The zero-order valence-corrected chi connectivity index (χ0v) is 7.41. The molecule has 8 heavy (non-hydrogen) atoms. The van der Waals surface area contributed by atoms with Gasteiger partial charge in [0.05, 0.1) is 0 Å². The van der Waals surface area contributed by atoms with E-state index in [0.717, 1.165) is 0 Å². The molecule has 1 nitrogen and oxygen atoms in total. The van der Waals surface area contributed by atoms with Crippen LogP contribution < -0.4 is 4.98 Å². The van der Waals surface area contributed by atoms with Gasteiger partial charge in [0.25, 0.3) is 0 Å². The summed E-state index contributed by atoms with van der Waals surface area (Å²) in [6, 6.07) is 0. The molecule has 0 spiro atoms. The first kappa shape index (κ1) is 7.92. The van der Waals surface area contributed by atoms with Crippen molar-refractivity contribution in [3.8, 4) is 0 Å². The molecule has 0 aliphatic carbocycles. The average Bonchev–Trinajstić information content (AvgIpc) is 1.59. The molecule has 0 aromatic rings. The Morgan fingerprint density at radius 1 is 1.50 bits per heavy atom. The average molecular weight is 129 g/mol. The van der Waals surface area contributed by atoms with E-state index in [1.54, 1.807) is 0 Å². The standard InChI is InChI=1S/C6H15NSi/c1-5-8-7-6(2,3)4/h5,7H,1,8H2,2-4H3. The second-order valence-electron chi connectivity index (χ2n) is 2.92. The van der Waals surface area contributed by atoms with E-state index in [1.807, 2.05) is 5.70 Å². The second kappa shape index (κ2) is 3.05. The fraction of sp³-hybridized carbons (Fsp3) is 0.667. The first-order valence-electron chi connectivity index (χ1n) is 2.92. The predicted octanol–water partition coefficient (Wildman–Crippen LogP) is 0.602. The van der Waals surface area contributed by atoms with Crippen molar-refractivity contribution in [2.75, 3.05) is 0 Å². The van der Waals surface area contributed by atoms with Gasteiger partial charge in [-0.3, -0.25) is 0 Å². The molecule has 0 aromatic heterocycles. The third-order valence-corrected chi connectivity index (χ3v) is 2.33. The highest BCUT2D eigenvalue weighted by Crippen LogP contribution is 1.95. The fourth-order valence-electron chi connectivity index (χ4n) is 0.378. The monoisotopic (exact) mass is 129 g/mol. The molecule has 0 bridgehead atoms. The number of rotatable bonds is 2. The molecule has 0 saturated carbocycles. The van der Waals surface area contributed by atoms with E-state index in [9.17, 15) is 0 Å². The molecular formula is C6H15NSi. The third kappa shape index (κ3) is 5.92. The molecule has 0 rings (SSSR count). The zero-order chi connectivity index (χ0) is 6.62. The van der Waals surface area contributed by atoms with E-state index in [1.165, 1.54) is 0 Å². The molecule has 0 aromatic carbocycles. The Bertz CT molecular complexity index is 73.1. The highest BCUT2D eigenvalue weighted by atomic mass is 28.2. The Hall–Kier alpha value is -0.0831. The van der Waals surface area contributed by atoms with Gasteiger partial charge in [-0.1, -0.05) is 5.70 Å². The molecule has 0 aliphatic heterocycles. The van der Waals surface area contributed by atoms with Crippen LogP contribution in [0.15, 0.2) is 12.3 Å². The van der Waals surface area contributed by atoms with Crippen molar-refractivity contribution in [1.29, 1.82) is 0 Å². The Morgan fingerprint density at radius 2 is 2.00 bits per heavy atom. The maximum absolute atomic E-state index is 3.66.